The van der Waals surface area contributed by atoms with Gasteiger partial charge in [-0.05, 0) is 51.7 Å². The van der Waals surface area contributed by atoms with Gasteiger partial charge in [-0.3, -0.25) is 19.5 Å². The van der Waals surface area contributed by atoms with Crippen LogP contribution >= 0.6 is 0 Å². The molecule has 0 radical (unpaired) electrons. The molecule has 9 nitrogen and oxygen atoms in total. The van der Waals surface area contributed by atoms with E-state index in [-0.39, 0.29) is 42.0 Å². The van der Waals surface area contributed by atoms with Gasteiger partial charge in [-0.1, -0.05) is 12.1 Å². The summed E-state index contributed by atoms with van der Waals surface area (Å²) in [6.45, 7) is 7.30. The zero-order chi connectivity index (χ0) is 23.5. The maximum absolute atomic E-state index is 12.8. The highest BCUT2D eigenvalue weighted by molar-refractivity contribution is 5.80. The number of carbonyl (C=O) groups is 2. The standard InChI is InChI=1S/C23H32N4O5/c1-23(2,3)32-22(31)25(4)14-16-8-7-12-26(15-16)19(28)11-13-27-21(30)18-10-6-5-9-17(18)20(29)24-27/h5-6,9-10,16H,7-8,11-15H2,1-4H3,(H,24,29). The van der Waals surface area contributed by atoms with Crippen LogP contribution in [0, 0.1) is 5.92 Å². The fraction of sp³-hybridized carbons (Fsp3) is 0.565. The van der Waals surface area contributed by atoms with Crippen LogP contribution in [0.5, 0.6) is 0 Å². The van der Waals surface area contributed by atoms with Crippen LogP contribution in [0.2, 0.25) is 0 Å². The fourth-order valence-electron chi connectivity index (χ4n) is 4.01. The molecule has 1 unspecified atom stereocenters. The van der Waals surface area contributed by atoms with E-state index >= 15 is 0 Å². The molecule has 1 N–H and O–H groups in total. The molecule has 9 heteroatoms. The average molecular weight is 445 g/mol. The first-order valence-corrected chi connectivity index (χ1v) is 11.0. The quantitative estimate of drug-likeness (QED) is 0.761. The predicted octanol–water partition coefficient (Wildman–Crippen LogP) is 2.19. The first kappa shape index (κ1) is 23.6. The zero-order valence-electron chi connectivity index (χ0n) is 19.2. The van der Waals surface area contributed by atoms with Crippen molar-refractivity contribution in [3.05, 3.63) is 45.0 Å². The summed E-state index contributed by atoms with van der Waals surface area (Å²) in [6.07, 6.45) is 1.52. The number of benzene rings is 1. The van der Waals surface area contributed by atoms with Gasteiger partial charge < -0.3 is 14.5 Å². The highest BCUT2D eigenvalue weighted by atomic mass is 16.6. The Bertz CT molecular complexity index is 1100. The molecule has 3 rings (SSSR count). The molecule has 2 aromatic rings. The molecule has 2 heterocycles. The minimum atomic E-state index is -0.554. The summed E-state index contributed by atoms with van der Waals surface area (Å²) in [5.74, 6) is 0.0870. The number of aromatic nitrogens is 2. The van der Waals surface area contributed by atoms with Crippen molar-refractivity contribution in [3.8, 4) is 0 Å². The Morgan fingerprint density at radius 3 is 2.56 bits per heavy atom. The second-order valence-corrected chi connectivity index (χ2v) is 9.40. The molecule has 1 fully saturated rings. The van der Waals surface area contributed by atoms with Crippen LogP contribution < -0.4 is 11.1 Å². The molecule has 1 aliphatic heterocycles. The van der Waals surface area contributed by atoms with Gasteiger partial charge in [0, 0.05) is 33.1 Å². The van der Waals surface area contributed by atoms with Gasteiger partial charge in [0.2, 0.25) is 5.91 Å². The normalized spacial score (nSPS) is 16.8. The number of nitrogens with one attached hydrogen (secondary N) is 1. The third-order valence-electron chi connectivity index (χ3n) is 5.54. The summed E-state index contributed by atoms with van der Waals surface area (Å²) in [7, 11) is 1.71. The van der Waals surface area contributed by atoms with Gasteiger partial charge in [0.1, 0.15) is 5.60 Å². The summed E-state index contributed by atoms with van der Waals surface area (Å²) in [5.41, 5.74) is -1.22. The predicted molar refractivity (Wildman–Crippen MR) is 122 cm³/mol. The maximum Gasteiger partial charge on any atom is 0.410 e. The van der Waals surface area contributed by atoms with Crippen molar-refractivity contribution in [1.29, 1.82) is 0 Å². The number of hydrogen-bond acceptors (Lipinski definition) is 5. The average Bonchev–Trinajstić information content (AvgIpc) is 2.74. The second kappa shape index (κ2) is 9.58. The number of H-pyrrole nitrogens is 1. The lowest BCUT2D eigenvalue weighted by molar-refractivity contribution is -0.133. The van der Waals surface area contributed by atoms with Crippen molar-refractivity contribution < 1.29 is 14.3 Å². The van der Waals surface area contributed by atoms with Crippen molar-refractivity contribution in [2.75, 3.05) is 26.7 Å². The van der Waals surface area contributed by atoms with E-state index in [0.29, 0.717) is 30.4 Å². The van der Waals surface area contributed by atoms with Crippen LogP contribution in [0.3, 0.4) is 0 Å². The van der Waals surface area contributed by atoms with Crippen LogP contribution in [0.15, 0.2) is 33.9 Å². The van der Waals surface area contributed by atoms with Gasteiger partial charge in [0.05, 0.1) is 17.3 Å². The Morgan fingerprint density at radius 2 is 1.88 bits per heavy atom. The number of aromatic amines is 1. The zero-order valence-corrected chi connectivity index (χ0v) is 19.2. The number of nitrogens with zero attached hydrogens (tertiary/aromatic N) is 3. The highest BCUT2D eigenvalue weighted by Gasteiger charge is 2.27. The van der Waals surface area contributed by atoms with Gasteiger partial charge in [0.25, 0.3) is 11.1 Å². The number of ether oxygens (including phenoxy) is 1. The lowest BCUT2D eigenvalue weighted by Gasteiger charge is -2.35. The van der Waals surface area contributed by atoms with Gasteiger partial charge >= 0.3 is 6.09 Å². The second-order valence-electron chi connectivity index (χ2n) is 9.40. The molecule has 0 saturated carbocycles. The number of aryl methyl sites for hydroxylation is 1. The molecule has 1 aliphatic rings. The first-order chi connectivity index (χ1) is 15.0. The molecule has 1 aromatic carbocycles. The Balaban J connectivity index is 1.58. The van der Waals surface area contributed by atoms with E-state index in [2.05, 4.69) is 5.10 Å². The Kier molecular flexibility index (Phi) is 7.06. The van der Waals surface area contributed by atoms with Crippen LogP contribution in [0.1, 0.15) is 40.0 Å². The van der Waals surface area contributed by atoms with E-state index in [4.69, 9.17) is 4.74 Å². The Hall–Kier alpha value is -3.10. The smallest absolute Gasteiger partial charge is 0.410 e. The number of hydrogen-bond donors (Lipinski definition) is 1. The van der Waals surface area contributed by atoms with Crippen LogP contribution in [-0.4, -0.2) is 63.9 Å². The van der Waals surface area contributed by atoms with E-state index < -0.39 is 5.60 Å². The fourth-order valence-corrected chi connectivity index (χ4v) is 4.01. The maximum atomic E-state index is 12.8. The Labute approximate surface area is 186 Å². The molecule has 0 bridgehead atoms. The summed E-state index contributed by atoms with van der Waals surface area (Å²) >= 11 is 0. The van der Waals surface area contributed by atoms with Crippen molar-refractivity contribution in [2.45, 2.75) is 52.2 Å². The van der Waals surface area contributed by atoms with Crippen molar-refractivity contribution in [2.24, 2.45) is 5.92 Å². The van der Waals surface area contributed by atoms with E-state index in [9.17, 15) is 19.2 Å². The third kappa shape index (κ3) is 5.77. The number of carbonyl (C=O) groups excluding carboxylic acids is 2. The Morgan fingerprint density at radius 1 is 1.19 bits per heavy atom. The molecule has 0 aliphatic carbocycles. The van der Waals surface area contributed by atoms with Crippen molar-refractivity contribution in [3.63, 3.8) is 0 Å². The van der Waals surface area contributed by atoms with E-state index in [1.165, 1.54) is 4.68 Å². The molecule has 174 valence electrons. The topological polar surface area (TPSA) is 105 Å². The summed E-state index contributed by atoms with van der Waals surface area (Å²) in [6, 6.07) is 6.63. The lowest BCUT2D eigenvalue weighted by atomic mass is 9.97. The van der Waals surface area contributed by atoms with Gasteiger partial charge in [0.15, 0.2) is 0 Å². The third-order valence-corrected chi connectivity index (χ3v) is 5.54. The molecule has 0 spiro atoms. The first-order valence-electron chi connectivity index (χ1n) is 11.0. The molecule has 1 aromatic heterocycles. The van der Waals surface area contributed by atoms with Crippen LogP contribution in [-0.2, 0) is 16.1 Å². The van der Waals surface area contributed by atoms with Gasteiger partial charge in [-0.15, -0.1) is 0 Å². The SMILES string of the molecule is CN(CC1CCCN(C(=O)CCn2[nH]c(=O)c3ccccc3c2=O)C1)C(=O)OC(C)(C)C. The highest BCUT2D eigenvalue weighted by Crippen LogP contribution is 2.19. The number of rotatable bonds is 5. The van der Waals surface area contributed by atoms with Crippen molar-refractivity contribution in [1.82, 2.24) is 19.6 Å². The number of piperidine rings is 1. The van der Waals surface area contributed by atoms with Crippen molar-refractivity contribution >= 4 is 22.8 Å². The summed E-state index contributed by atoms with van der Waals surface area (Å²) in [4.78, 5) is 53.2. The number of amides is 2. The van der Waals surface area contributed by atoms with Crippen LogP contribution in [0.4, 0.5) is 4.79 Å². The molecule has 2 amide bonds. The number of fused-ring (bicyclic) bond motifs is 1. The van der Waals surface area contributed by atoms with Gasteiger partial charge in [-0.25, -0.2) is 9.48 Å². The minimum Gasteiger partial charge on any atom is -0.444 e. The van der Waals surface area contributed by atoms with E-state index in [0.717, 1.165) is 12.8 Å². The molecule has 1 atom stereocenters. The van der Waals surface area contributed by atoms with E-state index in [1.54, 1.807) is 41.1 Å². The van der Waals surface area contributed by atoms with Crippen LogP contribution in [0.25, 0.3) is 10.8 Å². The molecule has 1 saturated heterocycles. The minimum absolute atomic E-state index is 0.0736. The largest absolute Gasteiger partial charge is 0.444 e. The summed E-state index contributed by atoms with van der Waals surface area (Å²) < 4.78 is 6.61. The van der Waals surface area contributed by atoms with E-state index in [1.807, 2.05) is 20.8 Å². The summed E-state index contributed by atoms with van der Waals surface area (Å²) in [5, 5.41) is 3.24. The molecule has 32 heavy (non-hydrogen) atoms. The monoisotopic (exact) mass is 444 g/mol. The molecular formula is C23H32N4O5. The number of likely N-dealkylation sites (tertiary alicyclic amines) is 1. The van der Waals surface area contributed by atoms with Gasteiger partial charge in [-0.2, -0.15) is 0 Å². The molecular weight excluding hydrogens is 412 g/mol. The lowest BCUT2D eigenvalue weighted by Crippen LogP contribution is -2.45.